The highest BCUT2D eigenvalue weighted by atomic mass is 79.9. The van der Waals surface area contributed by atoms with Gasteiger partial charge in [0.25, 0.3) is 10.0 Å². The Bertz CT molecular complexity index is 1690. The van der Waals surface area contributed by atoms with E-state index in [9.17, 15) is 18.0 Å². The summed E-state index contributed by atoms with van der Waals surface area (Å²) in [6.07, 6.45) is 2.15. The number of nitrogens with zero attached hydrogens (tertiary/aromatic N) is 2. The Kier molecular flexibility index (Phi) is 12.1. The van der Waals surface area contributed by atoms with Gasteiger partial charge in [-0.05, 0) is 72.8 Å². The van der Waals surface area contributed by atoms with Gasteiger partial charge in [-0.15, -0.1) is 11.8 Å². The zero-order chi connectivity index (χ0) is 32.4. The number of thioether (sulfide) groups is 1. The maximum atomic E-state index is 14.5. The number of anilines is 1. The standard InChI is InChI=1S/C34H36BrN3O5S2/c1-4-43-32-13-9-8-12-30(32)38(45(41,42)29-20-18-28(44-3)19-21-29)24-33(39)37(23-26-14-16-27(35)17-15-26)31(34(40)36-2)22-25-10-6-5-7-11-25/h5-21,31H,4,22-24H2,1-3H3,(H,36,40). The average molecular weight is 711 g/mol. The van der Waals surface area contributed by atoms with Gasteiger partial charge in [-0.3, -0.25) is 13.9 Å². The molecule has 236 valence electrons. The summed E-state index contributed by atoms with van der Waals surface area (Å²) >= 11 is 4.94. The van der Waals surface area contributed by atoms with E-state index in [1.807, 2.05) is 60.9 Å². The van der Waals surface area contributed by atoms with E-state index in [-0.39, 0.29) is 29.5 Å². The number of amides is 2. The third-order valence-corrected chi connectivity index (χ3v) is 10.2. The van der Waals surface area contributed by atoms with Crippen molar-refractivity contribution in [3.8, 4) is 5.75 Å². The van der Waals surface area contributed by atoms with Gasteiger partial charge in [-0.2, -0.15) is 0 Å². The molecule has 0 heterocycles. The van der Waals surface area contributed by atoms with Crippen LogP contribution in [0.5, 0.6) is 5.75 Å². The molecular weight excluding hydrogens is 674 g/mol. The molecule has 0 saturated heterocycles. The summed E-state index contributed by atoms with van der Waals surface area (Å²) < 4.78 is 36.4. The first kappa shape index (κ1) is 34.1. The molecule has 0 saturated carbocycles. The van der Waals surface area contributed by atoms with E-state index in [1.54, 1.807) is 43.3 Å². The molecule has 1 atom stereocenters. The molecule has 0 aliphatic rings. The summed E-state index contributed by atoms with van der Waals surface area (Å²) in [5.74, 6) is -0.581. The average Bonchev–Trinajstić information content (AvgIpc) is 3.06. The zero-order valence-electron chi connectivity index (χ0n) is 25.4. The van der Waals surface area contributed by atoms with E-state index < -0.39 is 28.5 Å². The van der Waals surface area contributed by atoms with Crippen LogP contribution in [0.25, 0.3) is 0 Å². The van der Waals surface area contributed by atoms with Crippen LogP contribution in [0.15, 0.2) is 117 Å². The molecule has 0 aliphatic carbocycles. The summed E-state index contributed by atoms with van der Waals surface area (Å²) in [5.41, 5.74) is 1.87. The van der Waals surface area contributed by atoms with Gasteiger partial charge in [-0.25, -0.2) is 8.42 Å². The molecular formula is C34H36BrN3O5S2. The maximum Gasteiger partial charge on any atom is 0.264 e. The fourth-order valence-electron chi connectivity index (χ4n) is 4.84. The number of halogens is 1. The highest BCUT2D eigenvalue weighted by Gasteiger charge is 2.35. The van der Waals surface area contributed by atoms with Crippen molar-refractivity contribution in [2.75, 3.05) is 30.8 Å². The van der Waals surface area contributed by atoms with E-state index >= 15 is 0 Å². The summed E-state index contributed by atoms with van der Waals surface area (Å²) in [6.45, 7) is 1.63. The van der Waals surface area contributed by atoms with Crippen molar-refractivity contribution in [2.24, 2.45) is 0 Å². The van der Waals surface area contributed by atoms with E-state index in [0.717, 1.165) is 24.8 Å². The first-order valence-corrected chi connectivity index (χ1v) is 17.8. The van der Waals surface area contributed by atoms with E-state index in [2.05, 4.69) is 21.2 Å². The van der Waals surface area contributed by atoms with Crippen LogP contribution >= 0.6 is 27.7 Å². The fourth-order valence-corrected chi connectivity index (χ4v) is 6.93. The third-order valence-electron chi connectivity index (χ3n) is 7.14. The monoisotopic (exact) mass is 709 g/mol. The smallest absolute Gasteiger partial charge is 0.264 e. The SMILES string of the molecule is CCOc1ccccc1N(CC(=O)N(Cc1ccc(Br)cc1)C(Cc1ccccc1)C(=O)NC)S(=O)(=O)c1ccc(SC)cc1. The molecule has 4 rings (SSSR count). The van der Waals surface area contributed by atoms with E-state index in [4.69, 9.17) is 4.74 Å². The lowest BCUT2D eigenvalue weighted by Crippen LogP contribution is -2.53. The molecule has 0 bridgehead atoms. The Morgan fingerprint density at radius 1 is 0.889 bits per heavy atom. The minimum Gasteiger partial charge on any atom is -0.492 e. The summed E-state index contributed by atoms with van der Waals surface area (Å²) in [7, 11) is -2.72. The number of carbonyl (C=O) groups excluding carboxylic acids is 2. The number of ether oxygens (including phenoxy) is 1. The molecule has 0 fully saturated rings. The molecule has 0 aliphatic heterocycles. The van der Waals surface area contributed by atoms with Gasteiger partial charge in [0.15, 0.2) is 0 Å². The van der Waals surface area contributed by atoms with Crippen LogP contribution in [-0.4, -0.2) is 57.6 Å². The largest absolute Gasteiger partial charge is 0.492 e. The van der Waals surface area contributed by atoms with Crippen molar-refractivity contribution in [3.63, 3.8) is 0 Å². The lowest BCUT2D eigenvalue weighted by Gasteiger charge is -2.34. The van der Waals surface area contributed by atoms with Crippen molar-refractivity contribution in [1.82, 2.24) is 10.2 Å². The van der Waals surface area contributed by atoms with E-state index in [1.165, 1.54) is 35.8 Å². The molecule has 0 radical (unpaired) electrons. The Morgan fingerprint density at radius 2 is 1.53 bits per heavy atom. The molecule has 45 heavy (non-hydrogen) atoms. The van der Waals surface area contributed by atoms with Gasteiger partial charge in [0.2, 0.25) is 11.8 Å². The summed E-state index contributed by atoms with van der Waals surface area (Å²) in [5, 5.41) is 2.70. The fraction of sp³-hybridized carbons (Fsp3) is 0.235. The number of benzene rings is 4. The van der Waals surface area contributed by atoms with E-state index in [0.29, 0.717) is 12.4 Å². The molecule has 4 aromatic carbocycles. The first-order valence-electron chi connectivity index (χ1n) is 14.4. The Hall–Kier alpha value is -3.80. The molecule has 2 amide bonds. The number of likely N-dealkylation sites (N-methyl/N-ethyl adjacent to an activating group) is 1. The second-order valence-corrected chi connectivity index (χ2v) is 13.7. The first-order chi connectivity index (χ1) is 21.7. The van der Waals surface area contributed by atoms with Crippen LogP contribution in [0.2, 0.25) is 0 Å². The third kappa shape index (κ3) is 8.68. The topological polar surface area (TPSA) is 96.0 Å². The molecule has 11 heteroatoms. The van der Waals surface area contributed by atoms with Gasteiger partial charge in [0.05, 0.1) is 17.2 Å². The highest BCUT2D eigenvalue weighted by Crippen LogP contribution is 2.33. The quantitative estimate of drug-likeness (QED) is 0.158. The number of sulfonamides is 1. The van der Waals surface area contributed by atoms with Crippen LogP contribution in [0.1, 0.15) is 18.1 Å². The number of nitrogens with one attached hydrogen (secondary N) is 1. The highest BCUT2D eigenvalue weighted by molar-refractivity contribution is 9.10. The van der Waals surface area contributed by atoms with Gasteiger partial charge in [-0.1, -0.05) is 70.5 Å². The minimum atomic E-state index is -4.25. The second-order valence-electron chi connectivity index (χ2n) is 10.1. The summed E-state index contributed by atoms with van der Waals surface area (Å²) in [4.78, 5) is 30.3. The van der Waals surface area contributed by atoms with Gasteiger partial charge >= 0.3 is 0 Å². The minimum absolute atomic E-state index is 0.0333. The number of para-hydroxylation sites is 2. The van der Waals surface area contributed by atoms with Gasteiger partial charge in [0, 0.05) is 29.4 Å². The molecule has 1 unspecified atom stereocenters. The second kappa shape index (κ2) is 16.0. The maximum absolute atomic E-state index is 14.5. The van der Waals surface area contributed by atoms with Crippen molar-refractivity contribution in [2.45, 2.75) is 35.7 Å². The molecule has 4 aromatic rings. The van der Waals surface area contributed by atoms with Crippen molar-refractivity contribution >= 4 is 55.2 Å². The molecule has 0 spiro atoms. The Labute approximate surface area is 278 Å². The normalized spacial score (nSPS) is 11.8. The predicted octanol–water partition coefficient (Wildman–Crippen LogP) is 6.15. The molecule has 0 aromatic heterocycles. The Morgan fingerprint density at radius 3 is 2.16 bits per heavy atom. The van der Waals surface area contributed by atoms with Gasteiger partial charge in [0.1, 0.15) is 18.3 Å². The van der Waals surface area contributed by atoms with Crippen LogP contribution < -0.4 is 14.4 Å². The van der Waals surface area contributed by atoms with Crippen LogP contribution in [0.3, 0.4) is 0 Å². The van der Waals surface area contributed by atoms with Crippen LogP contribution in [0, 0.1) is 0 Å². The van der Waals surface area contributed by atoms with Gasteiger partial charge < -0.3 is 15.0 Å². The van der Waals surface area contributed by atoms with Crippen LogP contribution in [-0.2, 0) is 32.6 Å². The number of rotatable bonds is 14. The summed E-state index contributed by atoms with van der Waals surface area (Å²) in [6, 6.07) is 29.2. The lowest BCUT2D eigenvalue weighted by atomic mass is 10.0. The number of hydrogen-bond acceptors (Lipinski definition) is 6. The van der Waals surface area contributed by atoms with Crippen molar-refractivity contribution in [3.05, 3.63) is 119 Å². The van der Waals surface area contributed by atoms with Crippen molar-refractivity contribution in [1.29, 1.82) is 0 Å². The zero-order valence-corrected chi connectivity index (χ0v) is 28.6. The predicted molar refractivity (Wildman–Crippen MR) is 183 cm³/mol. The Balaban J connectivity index is 1.82. The number of hydrogen-bond donors (Lipinski definition) is 1. The lowest BCUT2D eigenvalue weighted by molar-refractivity contribution is -0.139. The number of carbonyl (C=O) groups is 2. The molecule has 8 nitrogen and oxygen atoms in total. The van der Waals surface area contributed by atoms with Crippen molar-refractivity contribution < 1.29 is 22.7 Å². The molecule has 1 N–H and O–H groups in total. The van der Waals surface area contributed by atoms with Crippen LogP contribution in [0.4, 0.5) is 5.69 Å².